The zero-order valence-electron chi connectivity index (χ0n) is 20.7. The Morgan fingerprint density at radius 2 is 1.74 bits per heavy atom. The van der Waals surface area contributed by atoms with Crippen LogP contribution in [0.2, 0.25) is 10.0 Å². The van der Waals surface area contributed by atoms with Gasteiger partial charge in [-0.3, -0.25) is 9.59 Å². The van der Waals surface area contributed by atoms with Crippen LogP contribution in [0.1, 0.15) is 39.1 Å². The molecular formula is C28H26Cl2FN3O4. The number of carbonyl (C=O) groups is 3. The van der Waals surface area contributed by atoms with Crippen molar-refractivity contribution in [3.05, 3.63) is 99.3 Å². The number of nitrogens with zero attached hydrogens (tertiary/aromatic N) is 1. The van der Waals surface area contributed by atoms with E-state index in [0.717, 1.165) is 0 Å². The highest BCUT2D eigenvalue weighted by atomic mass is 35.5. The highest BCUT2D eigenvalue weighted by Crippen LogP contribution is 2.36. The Bertz CT molecular complexity index is 1350. The van der Waals surface area contributed by atoms with Gasteiger partial charge in [0.1, 0.15) is 5.82 Å². The Balaban J connectivity index is 1.68. The lowest BCUT2D eigenvalue weighted by molar-refractivity contribution is -0.118. The first kappa shape index (κ1) is 27.6. The highest BCUT2D eigenvalue weighted by Gasteiger charge is 2.46. The van der Waals surface area contributed by atoms with Crippen LogP contribution in [0.3, 0.4) is 0 Å². The van der Waals surface area contributed by atoms with E-state index in [2.05, 4.69) is 10.6 Å². The molecular weight excluding hydrogens is 532 g/mol. The number of rotatable bonds is 7. The number of carbonyl (C=O) groups excluding carboxylic acids is 3. The molecule has 7 nitrogen and oxygen atoms in total. The van der Waals surface area contributed by atoms with E-state index in [1.165, 1.54) is 37.4 Å². The number of hydrogen-bond acceptors (Lipinski definition) is 5. The number of amides is 2. The third-order valence-electron chi connectivity index (χ3n) is 6.59. The van der Waals surface area contributed by atoms with Crippen molar-refractivity contribution in [3.8, 4) is 0 Å². The summed E-state index contributed by atoms with van der Waals surface area (Å²) >= 11 is 12.2. The number of ether oxygens (including phenoxy) is 1. The van der Waals surface area contributed by atoms with Gasteiger partial charge in [-0.15, -0.1) is 0 Å². The third kappa shape index (κ3) is 5.67. The van der Waals surface area contributed by atoms with Crippen LogP contribution in [0, 0.1) is 5.82 Å². The summed E-state index contributed by atoms with van der Waals surface area (Å²) in [6, 6.07) is 16.0. The molecule has 1 saturated heterocycles. The van der Waals surface area contributed by atoms with E-state index in [4.69, 9.17) is 27.9 Å². The minimum absolute atomic E-state index is 0.0741. The van der Waals surface area contributed by atoms with Crippen LogP contribution in [-0.2, 0) is 9.53 Å². The van der Waals surface area contributed by atoms with Gasteiger partial charge in [0, 0.05) is 35.3 Å². The van der Waals surface area contributed by atoms with Gasteiger partial charge < -0.3 is 20.3 Å². The second-order valence-electron chi connectivity index (χ2n) is 8.78. The number of halogens is 3. The van der Waals surface area contributed by atoms with Gasteiger partial charge in [-0.25, -0.2) is 9.18 Å². The number of nitrogens with one attached hydrogen (secondary N) is 2. The van der Waals surface area contributed by atoms with Crippen LogP contribution in [-0.4, -0.2) is 55.0 Å². The maximum Gasteiger partial charge on any atom is 0.337 e. The van der Waals surface area contributed by atoms with Crippen LogP contribution in [0.5, 0.6) is 0 Å². The fraction of sp³-hybridized carbons (Fsp3) is 0.250. The van der Waals surface area contributed by atoms with Crippen molar-refractivity contribution < 1.29 is 23.5 Å². The zero-order chi connectivity index (χ0) is 27.4. The molecule has 0 saturated carbocycles. The molecule has 0 radical (unpaired) electrons. The van der Waals surface area contributed by atoms with E-state index >= 15 is 4.39 Å². The van der Waals surface area contributed by atoms with Crippen LogP contribution in [0.4, 0.5) is 10.1 Å². The molecule has 1 aliphatic heterocycles. The van der Waals surface area contributed by atoms with Gasteiger partial charge in [0.05, 0.1) is 29.8 Å². The molecule has 10 heteroatoms. The Kier molecular flexibility index (Phi) is 8.66. The molecule has 1 aliphatic rings. The number of likely N-dealkylation sites (N-methyl/N-ethyl adjacent to an activating group) is 1. The first-order valence-corrected chi connectivity index (χ1v) is 12.7. The molecule has 1 fully saturated rings. The van der Waals surface area contributed by atoms with Crippen molar-refractivity contribution in [2.45, 2.75) is 24.9 Å². The maximum atomic E-state index is 15.3. The van der Waals surface area contributed by atoms with Crippen molar-refractivity contribution in [2.24, 2.45) is 0 Å². The lowest BCUT2D eigenvalue weighted by atomic mass is 9.86. The summed E-state index contributed by atoms with van der Waals surface area (Å²) in [6.07, 6.45) is 0. The SMILES string of the molecule is CCN(C(=O)c1ccc(C(=O)OC)cc1)C1CNC(C(=O)Nc2cccc(Cl)c2)C1c1cccc(Cl)c1F. The van der Waals surface area contributed by atoms with Crippen molar-refractivity contribution in [3.63, 3.8) is 0 Å². The molecule has 0 aromatic heterocycles. The Labute approximate surface area is 229 Å². The van der Waals surface area contributed by atoms with E-state index in [-0.39, 0.29) is 23.0 Å². The van der Waals surface area contributed by atoms with E-state index in [9.17, 15) is 14.4 Å². The Morgan fingerprint density at radius 1 is 1.05 bits per heavy atom. The Hall–Kier alpha value is -3.46. The normalized spacial score (nSPS) is 18.6. The van der Waals surface area contributed by atoms with Crippen molar-refractivity contribution in [1.82, 2.24) is 10.2 Å². The number of benzene rings is 3. The van der Waals surface area contributed by atoms with E-state index < -0.39 is 35.7 Å². The molecule has 38 heavy (non-hydrogen) atoms. The molecule has 1 heterocycles. The Morgan fingerprint density at radius 3 is 2.39 bits per heavy atom. The molecule has 0 aliphatic carbocycles. The summed E-state index contributed by atoms with van der Waals surface area (Å²) in [5.41, 5.74) is 1.38. The standard InChI is InChI=1S/C28H26Cl2FN3O4/c1-3-34(27(36)16-10-12-17(13-11-16)28(37)38-2)22-15-32-25(23(22)20-8-5-9-21(30)24(20)31)26(35)33-19-7-4-6-18(29)14-19/h4-14,22-23,25,32H,3,15H2,1-2H3,(H,33,35). The van der Waals surface area contributed by atoms with Crippen LogP contribution in [0.25, 0.3) is 0 Å². The molecule has 0 spiro atoms. The van der Waals surface area contributed by atoms with E-state index in [1.807, 2.05) is 6.92 Å². The third-order valence-corrected chi connectivity index (χ3v) is 7.12. The first-order chi connectivity index (χ1) is 18.2. The lowest BCUT2D eigenvalue weighted by Crippen LogP contribution is -2.46. The van der Waals surface area contributed by atoms with Gasteiger partial charge in [0.15, 0.2) is 0 Å². The van der Waals surface area contributed by atoms with Gasteiger partial charge in [0.25, 0.3) is 5.91 Å². The van der Waals surface area contributed by atoms with Gasteiger partial charge >= 0.3 is 5.97 Å². The summed E-state index contributed by atoms with van der Waals surface area (Å²) in [6.45, 7) is 2.35. The fourth-order valence-corrected chi connectivity index (χ4v) is 5.17. The largest absolute Gasteiger partial charge is 0.465 e. The molecule has 2 N–H and O–H groups in total. The molecule has 0 bridgehead atoms. The summed E-state index contributed by atoms with van der Waals surface area (Å²) in [5, 5.41) is 6.39. The summed E-state index contributed by atoms with van der Waals surface area (Å²) in [4.78, 5) is 40.4. The van der Waals surface area contributed by atoms with Crippen LogP contribution >= 0.6 is 23.2 Å². The molecule has 2 amide bonds. The smallest absolute Gasteiger partial charge is 0.337 e. The molecule has 3 aromatic rings. The molecule has 198 valence electrons. The van der Waals surface area contributed by atoms with Crippen LogP contribution in [0.15, 0.2) is 66.7 Å². The van der Waals surface area contributed by atoms with E-state index in [1.54, 1.807) is 41.3 Å². The van der Waals surface area contributed by atoms with Crippen LogP contribution < -0.4 is 10.6 Å². The molecule has 3 aromatic carbocycles. The second-order valence-corrected chi connectivity index (χ2v) is 9.63. The first-order valence-electron chi connectivity index (χ1n) is 12.0. The molecule has 4 rings (SSSR count). The molecule has 3 atom stereocenters. The van der Waals surface area contributed by atoms with Gasteiger partial charge in [-0.1, -0.05) is 41.4 Å². The quantitative estimate of drug-likeness (QED) is 0.392. The van der Waals surface area contributed by atoms with E-state index in [0.29, 0.717) is 28.4 Å². The minimum Gasteiger partial charge on any atom is -0.465 e. The van der Waals surface area contributed by atoms with Crippen molar-refractivity contribution in [2.75, 3.05) is 25.5 Å². The summed E-state index contributed by atoms with van der Waals surface area (Å²) < 4.78 is 20.1. The number of methoxy groups -OCH3 is 1. The predicted octanol–water partition coefficient (Wildman–Crippen LogP) is 5.14. The fourth-order valence-electron chi connectivity index (χ4n) is 4.80. The topological polar surface area (TPSA) is 87.7 Å². The van der Waals surface area contributed by atoms with Gasteiger partial charge in [-0.05, 0) is 61.0 Å². The molecule has 3 unspecified atom stereocenters. The van der Waals surface area contributed by atoms with Gasteiger partial charge in [-0.2, -0.15) is 0 Å². The predicted molar refractivity (Wildman–Crippen MR) is 144 cm³/mol. The summed E-state index contributed by atoms with van der Waals surface area (Å²) in [7, 11) is 1.28. The maximum absolute atomic E-state index is 15.3. The van der Waals surface area contributed by atoms with Crippen molar-refractivity contribution in [1.29, 1.82) is 0 Å². The summed E-state index contributed by atoms with van der Waals surface area (Å²) in [5.74, 6) is -2.61. The number of hydrogen-bond donors (Lipinski definition) is 2. The average Bonchev–Trinajstić information content (AvgIpc) is 3.35. The highest BCUT2D eigenvalue weighted by molar-refractivity contribution is 6.31. The second kappa shape index (κ2) is 11.9. The van der Waals surface area contributed by atoms with Crippen molar-refractivity contribution >= 4 is 46.7 Å². The monoisotopic (exact) mass is 557 g/mol. The zero-order valence-corrected chi connectivity index (χ0v) is 22.2. The number of esters is 1. The minimum atomic E-state index is -0.865. The average molecular weight is 558 g/mol. The number of anilines is 1. The lowest BCUT2D eigenvalue weighted by Gasteiger charge is -2.33. The van der Waals surface area contributed by atoms with Gasteiger partial charge in [0.2, 0.25) is 5.91 Å².